The summed E-state index contributed by atoms with van der Waals surface area (Å²) in [5.41, 5.74) is 1.85. The lowest BCUT2D eigenvalue weighted by atomic mass is 10.2. The fraction of sp³-hybridized carbons (Fsp3) is 0.214. The smallest absolute Gasteiger partial charge is 0.341 e. The zero-order chi connectivity index (χ0) is 15.4. The number of rotatable bonds is 5. The Morgan fingerprint density at radius 3 is 2.71 bits per heavy atom. The summed E-state index contributed by atoms with van der Waals surface area (Å²) in [5.74, 6) is -0.869. The molecular weight excluding hydrogens is 274 g/mol. The minimum absolute atomic E-state index is 0.266. The minimum Gasteiger partial charge on any atom is -0.482 e. The minimum atomic E-state index is -1.04. The number of carboxylic acid groups (broad SMARTS) is 1. The largest absolute Gasteiger partial charge is 0.482 e. The molecule has 2 aromatic rings. The molecule has 0 radical (unpaired) electrons. The van der Waals surface area contributed by atoms with E-state index in [0.717, 1.165) is 5.56 Å². The molecule has 110 valence electrons. The number of hydrogen-bond donors (Lipinski definition) is 2. The molecule has 2 N–H and O–H groups in total. The summed E-state index contributed by atoms with van der Waals surface area (Å²) < 4.78 is 6.55. The molecule has 0 saturated heterocycles. The molecule has 0 aliphatic rings. The molecule has 2 rings (SSSR count). The number of anilines is 1. The van der Waals surface area contributed by atoms with Gasteiger partial charge >= 0.3 is 5.97 Å². The van der Waals surface area contributed by atoms with E-state index in [9.17, 15) is 9.59 Å². The number of nitrogens with one attached hydrogen (secondary N) is 1. The molecule has 7 heteroatoms. The van der Waals surface area contributed by atoms with E-state index in [4.69, 9.17) is 9.84 Å². The van der Waals surface area contributed by atoms with Gasteiger partial charge in [0.2, 0.25) is 0 Å². The van der Waals surface area contributed by atoms with Crippen LogP contribution in [-0.4, -0.2) is 33.4 Å². The van der Waals surface area contributed by atoms with E-state index in [1.807, 2.05) is 0 Å². The monoisotopic (exact) mass is 289 g/mol. The topological polar surface area (TPSA) is 93.4 Å². The van der Waals surface area contributed by atoms with Gasteiger partial charge in [0, 0.05) is 18.9 Å². The van der Waals surface area contributed by atoms with Gasteiger partial charge in [-0.05, 0) is 36.8 Å². The third kappa shape index (κ3) is 3.59. The van der Waals surface area contributed by atoms with Crippen LogP contribution in [0.3, 0.4) is 0 Å². The summed E-state index contributed by atoms with van der Waals surface area (Å²) in [4.78, 5) is 22.5. The number of amides is 1. The van der Waals surface area contributed by atoms with Crippen molar-refractivity contribution in [3.63, 3.8) is 0 Å². The number of aryl methyl sites for hydroxylation is 2. The Labute approximate surface area is 121 Å². The number of benzene rings is 1. The van der Waals surface area contributed by atoms with Crippen molar-refractivity contribution in [3.8, 4) is 5.75 Å². The summed E-state index contributed by atoms with van der Waals surface area (Å²) in [6.07, 6.45) is 1.55. The number of carbonyl (C=O) groups excluding carboxylic acids is 1. The SMILES string of the molecule is Cc1cc(OCC(=O)O)ccc1NC(=O)c1ccnn1C. The van der Waals surface area contributed by atoms with Crippen LogP contribution in [0.25, 0.3) is 0 Å². The molecule has 0 unspecified atom stereocenters. The van der Waals surface area contributed by atoms with E-state index < -0.39 is 12.6 Å². The van der Waals surface area contributed by atoms with Crippen molar-refractivity contribution in [2.75, 3.05) is 11.9 Å². The average Bonchev–Trinajstić information content (AvgIpc) is 2.85. The Balaban J connectivity index is 2.09. The second kappa shape index (κ2) is 6.08. The van der Waals surface area contributed by atoms with Crippen molar-refractivity contribution in [2.45, 2.75) is 6.92 Å². The zero-order valence-corrected chi connectivity index (χ0v) is 11.7. The number of hydrogen-bond acceptors (Lipinski definition) is 4. The van der Waals surface area contributed by atoms with Crippen LogP contribution >= 0.6 is 0 Å². The molecule has 0 aliphatic heterocycles. The van der Waals surface area contributed by atoms with Crippen molar-refractivity contribution in [3.05, 3.63) is 41.7 Å². The van der Waals surface area contributed by atoms with Crippen molar-refractivity contribution >= 4 is 17.6 Å². The predicted molar refractivity (Wildman–Crippen MR) is 75.5 cm³/mol. The first-order valence-electron chi connectivity index (χ1n) is 6.22. The van der Waals surface area contributed by atoms with Crippen LogP contribution in [0.1, 0.15) is 16.1 Å². The fourth-order valence-corrected chi connectivity index (χ4v) is 1.79. The van der Waals surface area contributed by atoms with E-state index in [-0.39, 0.29) is 5.91 Å². The predicted octanol–water partition coefficient (Wildman–Crippen LogP) is 1.44. The standard InChI is InChI=1S/C14H15N3O4/c1-9-7-10(21-8-13(18)19)3-4-11(9)16-14(20)12-5-6-15-17(12)2/h3-7H,8H2,1-2H3,(H,16,20)(H,18,19). The Morgan fingerprint density at radius 2 is 2.14 bits per heavy atom. The molecule has 0 saturated carbocycles. The number of carboxylic acids is 1. The highest BCUT2D eigenvalue weighted by molar-refractivity contribution is 6.03. The van der Waals surface area contributed by atoms with Crippen molar-refractivity contribution in [1.29, 1.82) is 0 Å². The van der Waals surface area contributed by atoms with Gasteiger partial charge in [0.05, 0.1) is 0 Å². The molecular formula is C14H15N3O4. The van der Waals surface area contributed by atoms with Crippen LogP contribution < -0.4 is 10.1 Å². The summed E-state index contributed by atoms with van der Waals surface area (Å²) in [6.45, 7) is 1.40. The second-order valence-electron chi connectivity index (χ2n) is 4.45. The van der Waals surface area contributed by atoms with Gasteiger partial charge in [-0.15, -0.1) is 0 Å². The Hall–Kier alpha value is -2.83. The van der Waals surface area contributed by atoms with Crippen LogP contribution in [0.4, 0.5) is 5.69 Å². The maximum atomic E-state index is 12.1. The fourth-order valence-electron chi connectivity index (χ4n) is 1.79. The van der Waals surface area contributed by atoms with Gasteiger partial charge in [-0.25, -0.2) is 4.79 Å². The molecule has 1 aromatic heterocycles. The summed E-state index contributed by atoms with van der Waals surface area (Å²) in [6, 6.07) is 6.56. The lowest BCUT2D eigenvalue weighted by Crippen LogP contribution is -2.16. The Kier molecular flexibility index (Phi) is 4.22. The van der Waals surface area contributed by atoms with E-state index in [1.54, 1.807) is 44.4 Å². The quantitative estimate of drug-likeness (QED) is 0.868. The molecule has 0 spiro atoms. The second-order valence-corrected chi connectivity index (χ2v) is 4.45. The van der Waals surface area contributed by atoms with Gasteiger partial charge in [-0.2, -0.15) is 5.10 Å². The average molecular weight is 289 g/mol. The lowest BCUT2D eigenvalue weighted by Gasteiger charge is -2.10. The van der Waals surface area contributed by atoms with Crippen LogP contribution in [0.5, 0.6) is 5.75 Å². The number of nitrogens with zero attached hydrogens (tertiary/aromatic N) is 2. The highest BCUT2D eigenvalue weighted by Crippen LogP contribution is 2.22. The molecule has 1 aromatic carbocycles. The third-order valence-electron chi connectivity index (χ3n) is 2.86. The molecule has 0 atom stereocenters. The van der Waals surface area contributed by atoms with Crippen molar-refractivity contribution in [1.82, 2.24) is 9.78 Å². The molecule has 7 nitrogen and oxygen atoms in total. The molecule has 1 amide bonds. The van der Waals surface area contributed by atoms with Crippen LogP contribution in [0.2, 0.25) is 0 Å². The van der Waals surface area contributed by atoms with Gasteiger partial charge in [-0.3, -0.25) is 9.48 Å². The molecule has 0 bridgehead atoms. The van der Waals surface area contributed by atoms with Gasteiger partial charge < -0.3 is 15.2 Å². The molecule has 0 aliphatic carbocycles. The van der Waals surface area contributed by atoms with E-state index in [1.165, 1.54) is 4.68 Å². The number of aromatic nitrogens is 2. The van der Waals surface area contributed by atoms with E-state index in [0.29, 0.717) is 17.1 Å². The first kappa shape index (κ1) is 14.6. The van der Waals surface area contributed by atoms with Gasteiger partial charge in [0.1, 0.15) is 11.4 Å². The van der Waals surface area contributed by atoms with Crippen LogP contribution in [0.15, 0.2) is 30.5 Å². The third-order valence-corrected chi connectivity index (χ3v) is 2.86. The summed E-state index contributed by atoms with van der Waals surface area (Å²) in [5, 5.41) is 15.3. The number of aliphatic carboxylic acids is 1. The zero-order valence-electron chi connectivity index (χ0n) is 11.7. The lowest BCUT2D eigenvalue weighted by molar-refractivity contribution is -0.139. The first-order chi connectivity index (χ1) is 9.97. The van der Waals surface area contributed by atoms with E-state index >= 15 is 0 Å². The van der Waals surface area contributed by atoms with Crippen LogP contribution in [0, 0.1) is 6.92 Å². The molecule has 21 heavy (non-hydrogen) atoms. The normalized spacial score (nSPS) is 10.2. The van der Waals surface area contributed by atoms with E-state index in [2.05, 4.69) is 10.4 Å². The number of carbonyl (C=O) groups is 2. The Bertz CT molecular complexity index is 679. The van der Waals surface area contributed by atoms with Crippen molar-refractivity contribution in [2.24, 2.45) is 7.05 Å². The molecule has 1 heterocycles. The number of ether oxygens (including phenoxy) is 1. The highest BCUT2D eigenvalue weighted by atomic mass is 16.5. The van der Waals surface area contributed by atoms with Gasteiger partial charge in [0.15, 0.2) is 6.61 Å². The maximum absolute atomic E-state index is 12.1. The van der Waals surface area contributed by atoms with Gasteiger partial charge in [-0.1, -0.05) is 0 Å². The first-order valence-corrected chi connectivity index (χ1v) is 6.22. The van der Waals surface area contributed by atoms with Crippen LogP contribution in [-0.2, 0) is 11.8 Å². The van der Waals surface area contributed by atoms with Gasteiger partial charge in [0.25, 0.3) is 5.91 Å². The maximum Gasteiger partial charge on any atom is 0.341 e. The van der Waals surface area contributed by atoms with Crippen molar-refractivity contribution < 1.29 is 19.4 Å². The summed E-state index contributed by atoms with van der Waals surface area (Å²) >= 11 is 0. The molecule has 0 fully saturated rings. The Morgan fingerprint density at radius 1 is 1.38 bits per heavy atom. The highest BCUT2D eigenvalue weighted by Gasteiger charge is 2.11. The summed E-state index contributed by atoms with van der Waals surface area (Å²) in [7, 11) is 1.69.